The molecule has 11 heteroatoms. The first kappa shape index (κ1) is 29.3. The molecule has 5 aliphatic rings. The number of ether oxygens (including phenoxy) is 2. The van der Waals surface area contributed by atoms with Gasteiger partial charge in [0.1, 0.15) is 29.6 Å². The van der Waals surface area contributed by atoms with Gasteiger partial charge < -0.3 is 20.5 Å². The van der Waals surface area contributed by atoms with Crippen LogP contribution < -0.4 is 20.5 Å². The smallest absolute Gasteiger partial charge is 0.397 e. The number of aryl methyl sites for hydroxylation is 1. The second-order valence-electron chi connectivity index (χ2n) is 12.8. The minimum absolute atomic E-state index is 0.0463. The summed E-state index contributed by atoms with van der Waals surface area (Å²) in [5.74, 6) is -2.38. The zero-order chi connectivity index (χ0) is 30.7. The van der Waals surface area contributed by atoms with E-state index in [0.717, 1.165) is 35.3 Å². The predicted octanol–water partition coefficient (Wildman–Crippen LogP) is 5.75. The minimum atomic E-state index is -4.70. The van der Waals surface area contributed by atoms with Crippen LogP contribution in [0.4, 0.5) is 13.2 Å². The lowest BCUT2D eigenvalue weighted by atomic mass is 9.82. The topological polar surface area (TPSA) is 106 Å². The van der Waals surface area contributed by atoms with Crippen molar-refractivity contribution in [3.8, 4) is 11.5 Å². The van der Waals surface area contributed by atoms with Crippen molar-refractivity contribution in [1.82, 2.24) is 10.2 Å². The van der Waals surface area contributed by atoms with E-state index < -0.39 is 47.7 Å². The highest BCUT2D eigenvalue weighted by atomic mass is 19.4. The van der Waals surface area contributed by atoms with Crippen molar-refractivity contribution in [2.24, 2.45) is 16.6 Å². The quantitative estimate of drug-likeness (QED) is 0.435. The van der Waals surface area contributed by atoms with E-state index in [2.05, 4.69) is 11.4 Å². The highest BCUT2D eigenvalue weighted by Gasteiger charge is 2.54. The first-order valence-electron chi connectivity index (χ1n) is 14.9. The first-order chi connectivity index (χ1) is 20.3. The van der Waals surface area contributed by atoms with Crippen LogP contribution in [0.25, 0.3) is 0 Å². The van der Waals surface area contributed by atoms with E-state index in [1.807, 2.05) is 32.9 Å². The van der Waals surface area contributed by atoms with Gasteiger partial charge in [-0.2, -0.15) is 13.2 Å². The fraction of sp³-hybridized carbons (Fsp3) is 0.531. The summed E-state index contributed by atoms with van der Waals surface area (Å²) in [6.07, 6.45) is -0.774. The molecule has 2 amide bonds. The number of nitrogens with zero attached hydrogens (tertiary/aromatic N) is 2. The lowest BCUT2D eigenvalue weighted by Gasteiger charge is -2.45. The van der Waals surface area contributed by atoms with Gasteiger partial charge in [0.25, 0.3) is 5.91 Å². The van der Waals surface area contributed by atoms with Crippen LogP contribution in [0.15, 0.2) is 41.4 Å². The van der Waals surface area contributed by atoms with Gasteiger partial charge in [0.2, 0.25) is 5.91 Å². The molecule has 230 valence electrons. The zero-order valence-electron chi connectivity index (χ0n) is 24.6. The van der Waals surface area contributed by atoms with Crippen molar-refractivity contribution in [1.29, 1.82) is 0 Å². The SMILES string of the molecule is CC[C@@]12CCCCc3ccc4c(c3)[C@H](CC(C)(C)O4)NC(=O)c3ccc4c(c3)[C@@H]([C@H](C(F)(F)F)CO4)N(C(=O)C1)C(N)=N2. The van der Waals surface area contributed by atoms with E-state index in [4.69, 9.17) is 20.2 Å². The molecule has 5 aliphatic heterocycles. The highest BCUT2D eigenvalue weighted by molar-refractivity contribution is 6.00. The third kappa shape index (κ3) is 5.42. The first-order valence-corrected chi connectivity index (χ1v) is 14.9. The average Bonchev–Trinajstić information content (AvgIpc) is 2.93. The molecule has 0 radical (unpaired) electrons. The van der Waals surface area contributed by atoms with Crippen LogP contribution in [-0.2, 0) is 11.2 Å². The summed E-state index contributed by atoms with van der Waals surface area (Å²) in [6.45, 7) is 5.15. The second kappa shape index (κ2) is 10.4. The zero-order valence-corrected chi connectivity index (χ0v) is 24.6. The third-order valence-corrected chi connectivity index (χ3v) is 9.29. The van der Waals surface area contributed by atoms with Crippen LogP contribution in [0.5, 0.6) is 11.5 Å². The molecule has 7 rings (SSSR count). The molecule has 0 unspecified atom stereocenters. The summed E-state index contributed by atoms with van der Waals surface area (Å²) >= 11 is 0. The number of guanidine groups is 1. The molecule has 4 atom stereocenters. The summed E-state index contributed by atoms with van der Waals surface area (Å²) in [5.41, 5.74) is 7.26. The summed E-state index contributed by atoms with van der Waals surface area (Å²) in [6, 6.07) is 8.55. The number of halogens is 3. The standard InChI is InChI=1S/C32H37F3N4O4/c1-4-31-12-6-5-7-18-8-10-25-20(13-18)23(15-30(2,3)43-25)37-28(41)19-9-11-24-21(14-19)27(22(17-42-24)32(33,34)35)39(26(40)16-31)29(36)38-31/h8-11,13-14,22-23,27H,4-7,12,15-17H2,1-3H3,(H2,36,38)(H,37,41)/t22-,23+,27+,31-/m1/s1. The van der Waals surface area contributed by atoms with Crippen molar-refractivity contribution in [3.05, 3.63) is 58.7 Å². The molecule has 2 aromatic rings. The number of alkyl halides is 3. The van der Waals surface area contributed by atoms with Crippen molar-refractivity contribution in [2.75, 3.05) is 6.61 Å². The number of hydrogen-bond acceptors (Lipinski definition) is 6. The number of amides is 2. The summed E-state index contributed by atoms with van der Waals surface area (Å²) in [7, 11) is 0. The molecule has 0 aromatic heterocycles. The lowest BCUT2D eigenvalue weighted by molar-refractivity contribution is -0.201. The van der Waals surface area contributed by atoms with Crippen LogP contribution >= 0.6 is 0 Å². The Kier molecular flexibility index (Phi) is 7.12. The van der Waals surface area contributed by atoms with Crippen LogP contribution in [-0.4, -0.2) is 46.6 Å². The Balaban J connectivity index is 1.49. The van der Waals surface area contributed by atoms with Crippen LogP contribution in [0, 0.1) is 5.92 Å². The number of benzene rings is 2. The number of carbonyl (C=O) groups excluding carboxylic acids is 2. The van der Waals surface area contributed by atoms with Gasteiger partial charge in [0, 0.05) is 23.1 Å². The number of rotatable bonds is 1. The summed E-state index contributed by atoms with van der Waals surface area (Å²) in [4.78, 5) is 33.1. The van der Waals surface area contributed by atoms with Gasteiger partial charge in [0.15, 0.2) is 5.96 Å². The molecular formula is C32H37F3N4O4. The summed E-state index contributed by atoms with van der Waals surface area (Å²) < 4.78 is 55.2. The van der Waals surface area contributed by atoms with Crippen LogP contribution in [0.1, 0.15) is 98.4 Å². The Labute approximate surface area is 248 Å². The van der Waals surface area contributed by atoms with E-state index >= 15 is 0 Å². The fourth-order valence-corrected chi connectivity index (χ4v) is 7.00. The largest absolute Gasteiger partial charge is 0.492 e. The molecule has 2 aromatic carbocycles. The normalized spacial score (nSPS) is 28.6. The molecule has 3 N–H and O–H groups in total. The van der Waals surface area contributed by atoms with E-state index in [0.29, 0.717) is 25.0 Å². The Morgan fingerprint density at radius 3 is 2.58 bits per heavy atom. The average molecular weight is 599 g/mol. The molecule has 6 bridgehead atoms. The number of nitrogens with two attached hydrogens (primary N) is 1. The Bertz CT molecular complexity index is 1490. The van der Waals surface area contributed by atoms with Crippen molar-refractivity contribution >= 4 is 17.8 Å². The maximum Gasteiger partial charge on any atom is 0.397 e. The maximum atomic E-state index is 14.5. The summed E-state index contributed by atoms with van der Waals surface area (Å²) in [5, 5.41) is 3.10. The fourth-order valence-electron chi connectivity index (χ4n) is 7.00. The molecule has 5 heterocycles. The van der Waals surface area contributed by atoms with Gasteiger partial charge in [-0.05, 0) is 69.4 Å². The van der Waals surface area contributed by atoms with Gasteiger partial charge in [-0.25, -0.2) is 4.99 Å². The number of aliphatic imine (C=N–C) groups is 1. The number of fused-ring (bicyclic) bond motifs is 5. The molecule has 0 aliphatic carbocycles. The maximum absolute atomic E-state index is 14.5. The molecule has 8 nitrogen and oxygen atoms in total. The Morgan fingerprint density at radius 1 is 1.09 bits per heavy atom. The van der Waals surface area contributed by atoms with Gasteiger partial charge in [-0.3, -0.25) is 14.5 Å². The lowest BCUT2D eigenvalue weighted by Crippen LogP contribution is -2.56. The second-order valence-corrected chi connectivity index (χ2v) is 12.8. The monoisotopic (exact) mass is 598 g/mol. The van der Waals surface area contributed by atoms with E-state index in [9.17, 15) is 22.8 Å². The van der Waals surface area contributed by atoms with E-state index in [1.54, 1.807) is 0 Å². The molecule has 0 fully saturated rings. The number of nitrogens with one attached hydrogen (secondary N) is 1. The Hall–Kier alpha value is -3.76. The van der Waals surface area contributed by atoms with Gasteiger partial charge >= 0.3 is 6.18 Å². The van der Waals surface area contributed by atoms with Crippen LogP contribution in [0.2, 0.25) is 0 Å². The van der Waals surface area contributed by atoms with Crippen LogP contribution in [0.3, 0.4) is 0 Å². The van der Waals surface area contributed by atoms with Gasteiger partial charge in [0.05, 0.1) is 24.0 Å². The molecule has 0 saturated carbocycles. The minimum Gasteiger partial charge on any atom is -0.492 e. The third-order valence-electron chi connectivity index (χ3n) is 9.29. The molecular weight excluding hydrogens is 561 g/mol. The molecule has 43 heavy (non-hydrogen) atoms. The highest BCUT2D eigenvalue weighted by Crippen LogP contribution is 2.48. The molecule has 0 spiro atoms. The van der Waals surface area contributed by atoms with Crippen molar-refractivity contribution in [2.45, 2.75) is 95.1 Å². The van der Waals surface area contributed by atoms with E-state index in [1.165, 1.54) is 18.2 Å². The van der Waals surface area contributed by atoms with Gasteiger partial charge in [-0.1, -0.05) is 25.5 Å². The molecule has 0 saturated heterocycles. The van der Waals surface area contributed by atoms with Gasteiger partial charge in [-0.15, -0.1) is 0 Å². The van der Waals surface area contributed by atoms with Crippen molar-refractivity contribution < 1.29 is 32.2 Å². The van der Waals surface area contributed by atoms with Crippen molar-refractivity contribution in [3.63, 3.8) is 0 Å². The number of carbonyl (C=O) groups is 2. The Morgan fingerprint density at radius 2 is 1.86 bits per heavy atom. The van der Waals surface area contributed by atoms with E-state index in [-0.39, 0.29) is 35.3 Å². The number of hydrogen-bond donors (Lipinski definition) is 2. The predicted molar refractivity (Wildman–Crippen MR) is 154 cm³/mol.